The van der Waals surface area contributed by atoms with E-state index < -0.39 is 0 Å². The number of H-pyrrole nitrogens is 1. The molecule has 26 heavy (non-hydrogen) atoms. The van der Waals surface area contributed by atoms with Crippen LogP contribution < -0.4 is 4.90 Å². The molecule has 3 aromatic rings. The summed E-state index contributed by atoms with van der Waals surface area (Å²) in [6, 6.07) is 15.6. The number of aromatic amines is 1. The van der Waals surface area contributed by atoms with Gasteiger partial charge in [-0.15, -0.1) is 0 Å². The van der Waals surface area contributed by atoms with Crippen LogP contribution >= 0.6 is 0 Å². The van der Waals surface area contributed by atoms with E-state index in [0.29, 0.717) is 25.2 Å². The van der Waals surface area contributed by atoms with Crippen LogP contribution in [0.3, 0.4) is 0 Å². The number of para-hydroxylation sites is 1. The normalized spacial score (nSPS) is 14.4. The summed E-state index contributed by atoms with van der Waals surface area (Å²) < 4.78 is 0. The number of hydrogen-bond acceptors (Lipinski definition) is 4. The van der Waals surface area contributed by atoms with Crippen molar-refractivity contribution in [2.24, 2.45) is 0 Å². The molecule has 6 heteroatoms. The highest BCUT2D eigenvalue weighted by Crippen LogP contribution is 2.20. The molecule has 0 atom stereocenters. The van der Waals surface area contributed by atoms with Gasteiger partial charge in [-0.1, -0.05) is 24.3 Å². The third-order valence-electron chi connectivity index (χ3n) is 4.82. The van der Waals surface area contributed by atoms with Crippen molar-refractivity contribution in [3.05, 3.63) is 59.9 Å². The van der Waals surface area contributed by atoms with Crippen LogP contribution in [-0.2, 0) is 11.2 Å². The maximum absolute atomic E-state index is 12.7. The Morgan fingerprint density at radius 3 is 2.73 bits per heavy atom. The molecular weight excluding hydrogens is 326 g/mol. The topological polar surface area (TPSA) is 76.0 Å². The number of nitrogens with zero attached hydrogens (tertiary/aromatic N) is 4. The molecule has 6 nitrogen and oxygen atoms in total. The fraction of sp³-hybridized carbons (Fsp3) is 0.250. The van der Waals surface area contributed by atoms with Crippen molar-refractivity contribution in [2.45, 2.75) is 6.42 Å². The highest BCUT2D eigenvalue weighted by atomic mass is 16.2. The lowest BCUT2D eigenvalue weighted by atomic mass is 10.1. The zero-order valence-electron chi connectivity index (χ0n) is 14.4. The van der Waals surface area contributed by atoms with Crippen LogP contribution in [0.4, 0.5) is 5.82 Å². The molecule has 1 N–H and O–H groups in total. The first-order valence-corrected chi connectivity index (χ1v) is 8.69. The number of anilines is 1. The van der Waals surface area contributed by atoms with Gasteiger partial charge in [-0.05, 0) is 23.8 Å². The number of carbonyl (C=O) groups excluding carboxylic acids is 1. The minimum absolute atomic E-state index is 0.146. The van der Waals surface area contributed by atoms with Crippen LogP contribution in [0.5, 0.6) is 0 Å². The van der Waals surface area contributed by atoms with Crippen molar-refractivity contribution in [1.29, 1.82) is 5.26 Å². The van der Waals surface area contributed by atoms with Gasteiger partial charge in [-0.25, -0.2) is 4.98 Å². The average Bonchev–Trinajstić information content (AvgIpc) is 3.11. The van der Waals surface area contributed by atoms with Gasteiger partial charge in [-0.2, -0.15) is 5.26 Å². The van der Waals surface area contributed by atoms with Crippen molar-refractivity contribution < 1.29 is 4.79 Å². The van der Waals surface area contributed by atoms with Crippen molar-refractivity contribution in [1.82, 2.24) is 14.9 Å². The molecule has 0 bridgehead atoms. The lowest BCUT2D eigenvalue weighted by Crippen LogP contribution is -2.49. The molecule has 130 valence electrons. The SMILES string of the molecule is N#Cc1cccc(N2CCN(C(=O)Cc3c[nH]c4ccccc34)CC2)n1. The first-order chi connectivity index (χ1) is 12.7. The smallest absolute Gasteiger partial charge is 0.227 e. The first kappa shape index (κ1) is 16.2. The molecule has 1 amide bonds. The lowest BCUT2D eigenvalue weighted by Gasteiger charge is -2.35. The molecule has 2 aromatic heterocycles. The second-order valence-corrected chi connectivity index (χ2v) is 6.40. The molecular formula is C20H19N5O. The van der Waals surface area contributed by atoms with Gasteiger partial charge in [0.1, 0.15) is 17.6 Å². The molecule has 1 saturated heterocycles. The molecule has 1 fully saturated rings. The Labute approximate surface area is 151 Å². The summed E-state index contributed by atoms with van der Waals surface area (Å²) in [4.78, 5) is 24.3. The second kappa shape index (κ2) is 6.89. The summed E-state index contributed by atoms with van der Waals surface area (Å²) in [6.07, 6.45) is 2.34. The van der Waals surface area contributed by atoms with Gasteiger partial charge >= 0.3 is 0 Å². The van der Waals surface area contributed by atoms with Crippen LogP contribution in [0, 0.1) is 11.3 Å². The molecule has 4 rings (SSSR count). The lowest BCUT2D eigenvalue weighted by molar-refractivity contribution is -0.130. The molecule has 1 aliphatic heterocycles. The quantitative estimate of drug-likeness (QED) is 0.790. The molecule has 3 heterocycles. The number of nitriles is 1. The summed E-state index contributed by atoms with van der Waals surface area (Å²) in [7, 11) is 0. The van der Waals surface area contributed by atoms with Gasteiger partial charge in [-0.3, -0.25) is 4.79 Å². The number of nitrogens with one attached hydrogen (secondary N) is 1. The fourth-order valence-corrected chi connectivity index (χ4v) is 3.40. The highest BCUT2D eigenvalue weighted by molar-refractivity contribution is 5.89. The van der Waals surface area contributed by atoms with Crippen LogP contribution in [0.15, 0.2) is 48.7 Å². The highest BCUT2D eigenvalue weighted by Gasteiger charge is 2.22. The predicted molar refractivity (Wildman–Crippen MR) is 99.7 cm³/mol. The third-order valence-corrected chi connectivity index (χ3v) is 4.82. The molecule has 0 aliphatic carbocycles. The number of piperazine rings is 1. The van der Waals surface area contributed by atoms with Crippen LogP contribution in [0.2, 0.25) is 0 Å². The molecule has 0 radical (unpaired) electrons. The summed E-state index contributed by atoms with van der Waals surface area (Å²) >= 11 is 0. The Morgan fingerprint density at radius 2 is 1.92 bits per heavy atom. The van der Waals surface area contributed by atoms with E-state index >= 15 is 0 Å². The van der Waals surface area contributed by atoms with E-state index in [9.17, 15) is 4.79 Å². The van der Waals surface area contributed by atoms with Gasteiger partial charge < -0.3 is 14.8 Å². The first-order valence-electron chi connectivity index (χ1n) is 8.69. The standard InChI is InChI=1S/C20H19N5O/c21-13-16-4-3-7-19(23-16)24-8-10-25(11-9-24)20(26)12-15-14-22-18-6-2-1-5-17(15)18/h1-7,14,22H,8-12H2. The van der Waals surface area contributed by atoms with E-state index in [1.165, 1.54) is 0 Å². The van der Waals surface area contributed by atoms with Crippen molar-refractivity contribution >= 4 is 22.6 Å². The maximum Gasteiger partial charge on any atom is 0.227 e. The third kappa shape index (κ3) is 3.11. The number of pyridine rings is 1. The van der Waals surface area contributed by atoms with Crippen molar-refractivity contribution in [2.75, 3.05) is 31.1 Å². The minimum atomic E-state index is 0.146. The van der Waals surface area contributed by atoms with Gasteiger partial charge in [0.15, 0.2) is 0 Å². The fourth-order valence-electron chi connectivity index (χ4n) is 3.40. The minimum Gasteiger partial charge on any atom is -0.361 e. The Morgan fingerprint density at radius 1 is 1.12 bits per heavy atom. The average molecular weight is 345 g/mol. The van der Waals surface area contributed by atoms with E-state index in [4.69, 9.17) is 5.26 Å². The molecule has 1 aliphatic rings. The molecule has 0 unspecified atom stereocenters. The van der Waals surface area contributed by atoms with Crippen LogP contribution in [0.25, 0.3) is 10.9 Å². The molecule has 0 spiro atoms. The number of aromatic nitrogens is 2. The Hall–Kier alpha value is -3.33. The Bertz CT molecular complexity index is 979. The number of benzene rings is 1. The van der Waals surface area contributed by atoms with E-state index in [1.54, 1.807) is 6.07 Å². The Kier molecular flexibility index (Phi) is 4.28. The number of rotatable bonds is 3. The van der Waals surface area contributed by atoms with Gasteiger partial charge in [0.05, 0.1) is 6.42 Å². The Balaban J connectivity index is 1.40. The monoisotopic (exact) mass is 345 g/mol. The van der Waals surface area contributed by atoms with Crippen molar-refractivity contribution in [3.8, 4) is 6.07 Å². The summed E-state index contributed by atoms with van der Waals surface area (Å²) in [5.74, 6) is 0.945. The summed E-state index contributed by atoms with van der Waals surface area (Å²) in [5.41, 5.74) is 2.51. The molecule has 0 saturated carbocycles. The number of carbonyl (C=O) groups is 1. The summed E-state index contributed by atoms with van der Waals surface area (Å²) in [6.45, 7) is 2.78. The molecule has 1 aromatic carbocycles. The van der Waals surface area contributed by atoms with E-state index in [1.807, 2.05) is 47.5 Å². The van der Waals surface area contributed by atoms with E-state index in [2.05, 4.69) is 20.9 Å². The van der Waals surface area contributed by atoms with Gasteiger partial charge in [0, 0.05) is 43.3 Å². The van der Waals surface area contributed by atoms with Crippen molar-refractivity contribution in [3.63, 3.8) is 0 Å². The van der Waals surface area contributed by atoms with E-state index in [0.717, 1.165) is 35.4 Å². The van der Waals surface area contributed by atoms with Gasteiger partial charge in [0.2, 0.25) is 5.91 Å². The number of fused-ring (bicyclic) bond motifs is 1. The number of hydrogen-bond donors (Lipinski definition) is 1. The van der Waals surface area contributed by atoms with Crippen LogP contribution in [0.1, 0.15) is 11.3 Å². The predicted octanol–water partition coefficient (Wildman–Crippen LogP) is 2.33. The second-order valence-electron chi connectivity index (χ2n) is 6.40. The summed E-state index contributed by atoms with van der Waals surface area (Å²) in [5, 5.41) is 10.1. The zero-order valence-corrected chi connectivity index (χ0v) is 14.4. The maximum atomic E-state index is 12.7. The van der Waals surface area contributed by atoms with E-state index in [-0.39, 0.29) is 5.91 Å². The van der Waals surface area contributed by atoms with Crippen LogP contribution in [-0.4, -0.2) is 47.0 Å². The number of amides is 1. The zero-order chi connectivity index (χ0) is 17.9. The van der Waals surface area contributed by atoms with Gasteiger partial charge in [0.25, 0.3) is 0 Å². The largest absolute Gasteiger partial charge is 0.361 e.